The zero-order valence-electron chi connectivity index (χ0n) is 36.4. The minimum absolute atomic E-state index is 0.214. The van der Waals surface area contributed by atoms with Crippen LogP contribution >= 0.6 is 11.6 Å². The van der Waals surface area contributed by atoms with Gasteiger partial charge in [-0.25, -0.2) is 8.42 Å². The average molecular weight is 900 g/mol. The van der Waals surface area contributed by atoms with Crippen LogP contribution in [0, 0.1) is 16.0 Å². The second-order valence-corrected chi connectivity index (χ2v) is 19.2. The molecule has 6 rings (SSSR count). The SMILES string of the molecule is CCN([C@H](C(=O)N[C@@H](CC(=O)OC(c1ccccc1)(c1ccc(C2CCCCCCCC2)cc1)c1ccccc1Cl)C(=O)N1CCCC1)C(C)C)S(=O)(=O)c1ccccc1[N+](=O)[O-]. The Labute approximate surface area is 376 Å². The number of nitrogens with one attached hydrogen (secondary N) is 1. The quantitative estimate of drug-likeness (QED) is 0.0505. The summed E-state index contributed by atoms with van der Waals surface area (Å²) in [5.74, 6) is -2.40. The zero-order valence-corrected chi connectivity index (χ0v) is 38.0. The Morgan fingerprint density at radius 1 is 0.825 bits per heavy atom. The van der Waals surface area contributed by atoms with E-state index in [0.717, 1.165) is 42.1 Å². The number of carbonyl (C=O) groups excluding carboxylic acids is 3. The molecule has 12 nitrogen and oxygen atoms in total. The number of nitro groups is 1. The summed E-state index contributed by atoms with van der Waals surface area (Å²) in [6.45, 7) is 5.45. The Morgan fingerprint density at radius 2 is 1.40 bits per heavy atom. The number of amides is 2. The molecule has 1 saturated carbocycles. The van der Waals surface area contributed by atoms with Gasteiger partial charge >= 0.3 is 5.97 Å². The van der Waals surface area contributed by atoms with Crippen molar-refractivity contribution in [2.75, 3.05) is 19.6 Å². The highest BCUT2D eigenvalue weighted by molar-refractivity contribution is 7.89. The maximum absolute atomic E-state index is 14.8. The Hall–Kier alpha value is -5.11. The van der Waals surface area contributed by atoms with Crippen LogP contribution in [0.3, 0.4) is 0 Å². The van der Waals surface area contributed by atoms with Crippen molar-refractivity contribution < 1.29 is 32.5 Å². The van der Waals surface area contributed by atoms with E-state index in [1.165, 1.54) is 63.1 Å². The van der Waals surface area contributed by atoms with Crippen LogP contribution < -0.4 is 5.32 Å². The van der Waals surface area contributed by atoms with Crippen molar-refractivity contribution in [3.8, 4) is 0 Å². The summed E-state index contributed by atoms with van der Waals surface area (Å²) in [4.78, 5) is 55.8. The van der Waals surface area contributed by atoms with Crippen molar-refractivity contribution in [2.45, 2.75) is 120 Å². The first-order chi connectivity index (χ1) is 30.3. The van der Waals surface area contributed by atoms with Gasteiger partial charge in [-0.15, -0.1) is 0 Å². The molecule has 1 saturated heterocycles. The maximum atomic E-state index is 14.8. The molecule has 0 aromatic heterocycles. The molecule has 0 bridgehead atoms. The smallest absolute Gasteiger partial charge is 0.310 e. The molecular weight excluding hydrogens is 840 g/mol. The highest BCUT2D eigenvalue weighted by atomic mass is 35.5. The van der Waals surface area contributed by atoms with E-state index in [0.29, 0.717) is 40.7 Å². The van der Waals surface area contributed by atoms with E-state index in [1.54, 1.807) is 30.9 Å². The van der Waals surface area contributed by atoms with E-state index in [1.807, 2.05) is 54.6 Å². The fraction of sp³-hybridized carbons (Fsp3) is 0.449. The molecule has 2 aliphatic rings. The van der Waals surface area contributed by atoms with Gasteiger partial charge in [0.05, 0.1) is 11.3 Å². The second kappa shape index (κ2) is 21.5. The molecule has 1 N–H and O–H groups in total. The van der Waals surface area contributed by atoms with Gasteiger partial charge in [0.2, 0.25) is 11.8 Å². The Balaban J connectivity index is 1.38. The normalized spacial score (nSPS) is 17.2. The number of nitro benzene ring substituents is 1. The Bertz CT molecular complexity index is 2310. The van der Waals surface area contributed by atoms with E-state index in [2.05, 4.69) is 17.4 Å². The first kappa shape index (κ1) is 47.4. The molecule has 3 atom stereocenters. The van der Waals surface area contributed by atoms with Crippen LogP contribution in [0.1, 0.15) is 120 Å². The summed E-state index contributed by atoms with van der Waals surface area (Å²) in [6.07, 6.45) is 10.4. The van der Waals surface area contributed by atoms with Crippen molar-refractivity contribution >= 4 is 45.1 Å². The lowest BCUT2D eigenvalue weighted by atomic mass is 9.78. The largest absolute Gasteiger partial charge is 0.444 e. The summed E-state index contributed by atoms with van der Waals surface area (Å²) in [5.41, 5.74) is 0.771. The second-order valence-electron chi connectivity index (χ2n) is 16.9. The third kappa shape index (κ3) is 10.8. The fourth-order valence-electron chi connectivity index (χ4n) is 9.26. The minimum Gasteiger partial charge on any atom is -0.444 e. The lowest BCUT2D eigenvalue weighted by molar-refractivity contribution is -0.387. The molecule has 4 aromatic carbocycles. The standard InChI is InChI=1S/C49H59ClN4O8S/c1-4-53(63(60,61)44-27-17-16-26-43(44)54(58)59)46(35(2)3)47(56)51-42(48(57)52-32-18-19-33-52)34-45(55)62-49(38-22-12-9-13-23-38,40-24-14-15-25-41(40)50)39-30-28-37(29-31-39)36-20-10-7-5-6-8-11-21-36/h9,12-17,22-31,35-36,42,46H,4-8,10-11,18-21,32-34H2,1-3H3,(H,51,56)/t42-,46-,49?/m0/s1. The number of rotatable bonds is 16. The van der Waals surface area contributed by atoms with Crippen LogP contribution in [-0.2, 0) is 34.7 Å². The molecule has 1 heterocycles. The Morgan fingerprint density at radius 3 is 2.00 bits per heavy atom. The lowest BCUT2D eigenvalue weighted by Crippen LogP contribution is -2.57. The van der Waals surface area contributed by atoms with Crippen LogP contribution in [0.15, 0.2) is 108 Å². The van der Waals surface area contributed by atoms with Crippen molar-refractivity contribution in [2.24, 2.45) is 5.92 Å². The van der Waals surface area contributed by atoms with Gasteiger partial charge in [-0.2, -0.15) is 4.31 Å². The third-order valence-corrected chi connectivity index (χ3v) is 14.8. The Kier molecular flexibility index (Phi) is 16.2. The van der Waals surface area contributed by atoms with Crippen molar-refractivity contribution in [1.29, 1.82) is 0 Å². The summed E-state index contributed by atoms with van der Waals surface area (Å²) in [6, 6.07) is 26.8. The fourth-order valence-corrected chi connectivity index (χ4v) is 11.4. The molecule has 0 radical (unpaired) electrons. The first-order valence-corrected chi connectivity index (χ1v) is 24.1. The highest BCUT2D eigenvalue weighted by Crippen LogP contribution is 2.45. The predicted octanol–water partition coefficient (Wildman–Crippen LogP) is 9.53. The molecule has 336 valence electrons. The van der Waals surface area contributed by atoms with Gasteiger partial charge in [0.15, 0.2) is 10.5 Å². The monoisotopic (exact) mass is 898 g/mol. The van der Waals surface area contributed by atoms with Gasteiger partial charge in [-0.05, 0) is 55.2 Å². The van der Waals surface area contributed by atoms with E-state index >= 15 is 0 Å². The number of para-hydroxylation sites is 1. The summed E-state index contributed by atoms with van der Waals surface area (Å²) in [5, 5.41) is 15.0. The van der Waals surface area contributed by atoms with E-state index in [-0.39, 0.29) is 6.54 Å². The number of nitrogens with zero attached hydrogens (tertiary/aromatic N) is 3. The predicted molar refractivity (Wildman–Crippen MR) is 244 cm³/mol. The number of benzene rings is 4. The number of ether oxygens (including phenoxy) is 1. The molecule has 2 fully saturated rings. The molecule has 63 heavy (non-hydrogen) atoms. The van der Waals surface area contributed by atoms with Gasteiger partial charge < -0.3 is 15.0 Å². The van der Waals surface area contributed by atoms with Gasteiger partial charge in [0, 0.05) is 47.4 Å². The summed E-state index contributed by atoms with van der Waals surface area (Å²) < 4.78 is 36.0. The van der Waals surface area contributed by atoms with Crippen molar-refractivity contribution in [1.82, 2.24) is 14.5 Å². The minimum atomic E-state index is -4.62. The molecular formula is C49H59ClN4O8S. The van der Waals surface area contributed by atoms with Gasteiger partial charge in [0.25, 0.3) is 15.7 Å². The molecule has 4 aromatic rings. The summed E-state index contributed by atoms with van der Waals surface area (Å²) in [7, 11) is -4.62. The highest BCUT2D eigenvalue weighted by Gasteiger charge is 2.45. The molecule has 1 aliphatic heterocycles. The number of halogens is 1. The van der Waals surface area contributed by atoms with E-state index < -0.39 is 73.3 Å². The van der Waals surface area contributed by atoms with Crippen LogP contribution in [0.4, 0.5) is 5.69 Å². The van der Waals surface area contributed by atoms with Crippen LogP contribution in [0.2, 0.25) is 5.02 Å². The molecule has 14 heteroatoms. The number of hydrogen-bond donors (Lipinski definition) is 1. The average Bonchev–Trinajstić information content (AvgIpc) is 3.86. The molecule has 1 unspecified atom stereocenters. The van der Waals surface area contributed by atoms with Crippen molar-refractivity contribution in [3.63, 3.8) is 0 Å². The zero-order chi connectivity index (χ0) is 45.1. The van der Waals surface area contributed by atoms with Gasteiger partial charge in [-0.3, -0.25) is 24.5 Å². The van der Waals surface area contributed by atoms with Gasteiger partial charge in [0.1, 0.15) is 12.1 Å². The number of hydrogen-bond acceptors (Lipinski definition) is 8. The number of esters is 1. The topological polar surface area (TPSA) is 156 Å². The number of likely N-dealkylation sites (N-methyl/N-ethyl adjacent to an activating group) is 1. The maximum Gasteiger partial charge on any atom is 0.310 e. The van der Waals surface area contributed by atoms with E-state index in [9.17, 15) is 32.9 Å². The van der Waals surface area contributed by atoms with Crippen LogP contribution in [0.25, 0.3) is 0 Å². The number of carbonyl (C=O) groups is 3. The van der Waals surface area contributed by atoms with Crippen LogP contribution in [-0.4, -0.2) is 72.0 Å². The molecule has 1 aliphatic carbocycles. The first-order valence-electron chi connectivity index (χ1n) is 22.3. The van der Waals surface area contributed by atoms with Crippen LogP contribution in [0.5, 0.6) is 0 Å². The molecule has 2 amide bonds. The lowest BCUT2D eigenvalue weighted by Gasteiger charge is -2.37. The number of sulfonamides is 1. The summed E-state index contributed by atoms with van der Waals surface area (Å²) >= 11 is 7.02. The molecule has 0 spiro atoms. The third-order valence-electron chi connectivity index (χ3n) is 12.4. The van der Waals surface area contributed by atoms with Crippen molar-refractivity contribution in [3.05, 3.63) is 141 Å². The van der Waals surface area contributed by atoms with E-state index in [4.69, 9.17) is 16.3 Å². The van der Waals surface area contributed by atoms with Gasteiger partial charge in [-0.1, -0.05) is 156 Å². The number of likely N-dealkylation sites (tertiary alicyclic amines) is 1.